The third-order valence-electron chi connectivity index (χ3n) is 4.81. The molecule has 1 aromatic heterocycles. The van der Waals surface area contributed by atoms with E-state index in [9.17, 15) is 9.90 Å². The van der Waals surface area contributed by atoms with Crippen LogP contribution >= 0.6 is 15.9 Å². The summed E-state index contributed by atoms with van der Waals surface area (Å²) in [6, 6.07) is 9.51. The molecule has 27 heavy (non-hydrogen) atoms. The van der Waals surface area contributed by atoms with E-state index in [2.05, 4.69) is 31.2 Å². The van der Waals surface area contributed by atoms with Crippen molar-refractivity contribution in [1.82, 2.24) is 9.97 Å². The summed E-state index contributed by atoms with van der Waals surface area (Å²) in [5.74, 6) is 1.47. The fraction of sp³-hybridized carbons (Fsp3) is 0.421. The number of rotatable bonds is 5. The number of nitrogens with one attached hydrogen (secondary N) is 1. The van der Waals surface area contributed by atoms with Gasteiger partial charge in [0.15, 0.2) is 0 Å². The maximum atomic E-state index is 11.8. The average Bonchev–Trinajstić information content (AvgIpc) is 2.65. The number of aromatic nitrogens is 2. The number of hydrogen-bond donors (Lipinski definition) is 2. The lowest BCUT2D eigenvalue weighted by Crippen LogP contribution is -2.43. The fourth-order valence-electron chi connectivity index (χ4n) is 3.41. The number of benzene rings is 1. The van der Waals surface area contributed by atoms with Gasteiger partial charge in [-0.3, -0.25) is 4.90 Å². The number of carboxylic acid groups (broad SMARTS) is 1. The Kier molecular flexibility index (Phi) is 6.15. The summed E-state index contributed by atoms with van der Waals surface area (Å²) >= 11 is 3.39. The number of amides is 1. The van der Waals surface area contributed by atoms with Gasteiger partial charge in [0.1, 0.15) is 5.82 Å². The van der Waals surface area contributed by atoms with Gasteiger partial charge in [-0.15, -0.1) is 0 Å². The molecule has 0 atom stereocenters. The number of anilines is 3. The first-order valence-electron chi connectivity index (χ1n) is 8.98. The minimum absolute atomic E-state index is 0.0178. The molecule has 0 bridgehead atoms. The lowest BCUT2D eigenvalue weighted by molar-refractivity contribution is 0.196. The van der Waals surface area contributed by atoms with Crippen molar-refractivity contribution in [3.8, 4) is 0 Å². The fourth-order valence-corrected chi connectivity index (χ4v) is 3.67. The lowest BCUT2D eigenvalue weighted by atomic mass is 9.90. The molecule has 0 saturated heterocycles. The highest BCUT2D eigenvalue weighted by Gasteiger charge is 2.30. The molecule has 1 aromatic carbocycles. The first-order chi connectivity index (χ1) is 12.9. The van der Waals surface area contributed by atoms with Gasteiger partial charge >= 0.3 is 6.09 Å². The van der Waals surface area contributed by atoms with Crippen molar-refractivity contribution in [2.24, 2.45) is 0 Å². The molecule has 2 N–H and O–H groups in total. The zero-order chi connectivity index (χ0) is 19.4. The van der Waals surface area contributed by atoms with Crippen LogP contribution in [0.15, 0.2) is 41.0 Å². The van der Waals surface area contributed by atoms with E-state index in [0.29, 0.717) is 11.6 Å². The Morgan fingerprint density at radius 2 is 1.81 bits per heavy atom. The molecule has 144 valence electrons. The second kappa shape index (κ2) is 8.56. The molecule has 8 heteroatoms. The first kappa shape index (κ1) is 19.4. The summed E-state index contributed by atoms with van der Waals surface area (Å²) in [4.78, 5) is 24.1. The standard InChI is InChI=1S/C19H24BrN5O2/c1-24(2)17-11-12-21-18(23-17)22-14-5-9-16(10-6-14)25(19(26)27)15-7-3-13(20)4-8-15/h3-4,7-8,11-12,14,16H,5-6,9-10H2,1-2H3,(H,26,27)(H,21,22,23). The van der Waals surface area contributed by atoms with Crippen molar-refractivity contribution in [2.45, 2.75) is 37.8 Å². The van der Waals surface area contributed by atoms with E-state index in [1.165, 1.54) is 4.90 Å². The van der Waals surface area contributed by atoms with Crippen LogP contribution in [-0.4, -0.2) is 47.3 Å². The van der Waals surface area contributed by atoms with Crippen LogP contribution in [0.25, 0.3) is 0 Å². The Labute approximate surface area is 167 Å². The number of nitrogens with zero attached hydrogens (tertiary/aromatic N) is 4. The van der Waals surface area contributed by atoms with E-state index >= 15 is 0 Å². The van der Waals surface area contributed by atoms with Gasteiger partial charge in [-0.1, -0.05) is 15.9 Å². The van der Waals surface area contributed by atoms with E-state index in [1.807, 2.05) is 49.3 Å². The Hall–Kier alpha value is -2.35. The molecule has 7 nitrogen and oxygen atoms in total. The van der Waals surface area contributed by atoms with Crippen LogP contribution in [0, 0.1) is 0 Å². The van der Waals surface area contributed by atoms with Crippen molar-refractivity contribution in [1.29, 1.82) is 0 Å². The monoisotopic (exact) mass is 433 g/mol. The number of halogens is 1. The Morgan fingerprint density at radius 1 is 1.15 bits per heavy atom. The van der Waals surface area contributed by atoms with Crippen LogP contribution in [0.4, 0.5) is 22.2 Å². The third-order valence-corrected chi connectivity index (χ3v) is 5.33. The summed E-state index contributed by atoms with van der Waals surface area (Å²) < 4.78 is 0.935. The van der Waals surface area contributed by atoms with E-state index in [1.54, 1.807) is 6.20 Å². The lowest BCUT2D eigenvalue weighted by Gasteiger charge is -2.35. The molecule has 2 aromatic rings. The minimum Gasteiger partial charge on any atom is -0.465 e. The zero-order valence-electron chi connectivity index (χ0n) is 15.5. The Morgan fingerprint density at radius 3 is 2.41 bits per heavy atom. The maximum absolute atomic E-state index is 11.8. The van der Waals surface area contributed by atoms with Crippen LogP contribution in [0.1, 0.15) is 25.7 Å². The molecule has 0 spiro atoms. The Bertz CT molecular complexity index is 776. The SMILES string of the molecule is CN(C)c1ccnc(NC2CCC(N(C(=O)O)c3ccc(Br)cc3)CC2)n1. The summed E-state index contributed by atoms with van der Waals surface area (Å²) in [5, 5.41) is 13.1. The van der Waals surface area contributed by atoms with Crippen LogP contribution in [-0.2, 0) is 0 Å². The minimum atomic E-state index is -0.907. The van der Waals surface area contributed by atoms with E-state index in [0.717, 1.165) is 36.0 Å². The smallest absolute Gasteiger partial charge is 0.412 e. The summed E-state index contributed by atoms with van der Waals surface area (Å²) in [6.07, 6.45) is 4.19. The van der Waals surface area contributed by atoms with Gasteiger partial charge in [-0.2, -0.15) is 4.98 Å². The van der Waals surface area contributed by atoms with E-state index < -0.39 is 6.09 Å². The molecule has 1 saturated carbocycles. The van der Waals surface area contributed by atoms with E-state index in [-0.39, 0.29) is 12.1 Å². The molecule has 0 aliphatic heterocycles. The van der Waals surface area contributed by atoms with Gasteiger partial charge in [0.2, 0.25) is 5.95 Å². The molecule has 1 aliphatic carbocycles. The van der Waals surface area contributed by atoms with Gasteiger partial charge in [0, 0.05) is 42.5 Å². The van der Waals surface area contributed by atoms with Crippen LogP contribution < -0.4 is 15.1 Å². The summed E-state index contributed by atoms with van der Waals surface area (Å²) in [5.41, 5.74) is 0.712. The number of hydrogen-bond acceptors (Lipinski definition) is 5. The van der Waals surface area contributed by atoms with Crippen LogP contribution in [0.5, 0.6) is 0 Å². The van der Waals surface area contributed by atoms with Crippen LogP contribution in [0.2, 0.25) is 0 Å². The van der Waals surface area contributed by atoms with Gasteiger partial charge in [0.25, 0.3) is 0 Å². The second-order valence-corrected chi connectivity index (χ2v) is 7.83. The predicted octanol–water partition coefficient (Wildman–Crippen LogP) is 4.21. The van der Waals surface area contributed by atoms with Gasteiger partial charge in [0.05, 0.1) is 0 Å². The van der Waals surface area contributed by atoms with Crippen LogP contribution in [0.3, 0.4) is 0 Å². The highest BCUT2D eigenvalue weighted by molar-refractivity contribution is 9.10. The molecule has 0 unspecified atom stereocenters. The normalized spacial score (nSPS) is 19.4. The van der Waals surface area contributed by atoms with Gasteiger partial charge in [-0.25, -0.2) is 9.78 Å². The topological polar surface area (TPSA) is 81.6 Å². The predicted molar refractivity (Wildman–Crippen MR) is 111 cm³/mol. The highest BCUT2D eigenvalue weighted by atomic mass is 79.9. The molecule has 1 heterocycles. The third kappa shape index (κ3) is 4.88. The summed E-state index contributed by atoms with van der Waals surface area (Å²) in [7, 11) is 3.89. The van der Waals surface area contributed by atoms with Crippen molar-refractivity contribution in [3.05, 3.63) is 41.0 Å². The van der Waals surface area contributed by atoms with Crippen molar-refractivity contribution in [3.63, 3.8) is 0 Å². The largest absolute Gasteiger partial charge is 0.465 e. The average molecular weight is 434 g/mol. The molecule has 1 amide bonds. The highest BCUT2D eigenvalue weighted by Crippen LogP contribution is 2.29. The van der Waals surface area contributed by atoms with Crippen molar-refractivity contribution >= 4 is 39.5 Å². The second-order valence-electron chi connectivity index (χ2n) is 6.91. The zero-order valence-corrected chi connectivity index (χ0v) is 17.1. The molecular weight excluding hydrogens is 410 g/mol. The number of carbonyl (C=O) groups is 1. The van der Waals surface area contributed by atoms with Gasteiger partial charge in [-0.05, 0) is 56.0 Å². The molecule has 1 fully saturated rings. The quantitative estimate of drug-likeness (QED) is 0.734. The summed E-state index contributed by atoms with van der Waals surface area (Å²) in [6.45, 7) is 0. The van der Waals surface area contributed by atoms with Gasteiger partial charge < -0.3 is 15.3 Å². The molecule has 1 aliphatic rings. The van der Waals surface area contributed by atoms with Crippen molar-refractivity contribution < 1.29 is 9.90 Å². The van der Waals surface area contributed by atoms with Crippen molar-refractivity contribution in [2.75, 3.05) is 29.2 Å². The first-order valence-corrected chi connectivity index (χ1v) is 9.78. The molecular formula is C19H24BrN5O2. The Balaban J connectivity index is 1.62. The van der Waals surface area contributed by atoms with E-state index in [4.69, 9.17) is 0 Å². The molecule has 0 radical (unpaired) electrons. The molecule has 3 rings (SSSR count). The maximum Gasteiger partial charge on any atom is 0.412 e.